The van der Waals surface area contributed by atoms with Crippen molar-refractivity contribution < 1.29 is 22.3 Å². The minimum atomic E-state index is -3.57. The first kappa shape index (κ1) is 21.1. The average molecular weight is 465 g/mol. The molecular weight excluding hydrogens is 447 g/mol. The van der Waals surface area contributed by atoms with Crippen molar-refractivity contribution >= 4 is 44.6 Å². The third kappa shape index (κ3) is 4.80. The van der Waals surface area contributed by atoms with E-state index in [4.69, 9.17) is 21.1 Å². The second kappa shape index (κ2) is 8.94. The maximum Gasteiger partial charge on any atom is 0.231 e. The molecule has 0 radical (unpaired) electrons. The number of hydrogen-bond acceptors (Lipinski definition) is 8. The minimum Gasteiger partial charge on any atom is -0.454 e. The van der Waals surface area contributed by atoms with Gasteiger partial charge in [-0.15, -0.1) is 0 Å². The van der Waals surface area contributed by atoms with Crippen LogP contribution in [0.2, 0.25) is 5.02 Å². The highest BCUT2D eigenvalue weighted by molar-refractivity contribution is 7.91. The van der Waals surface area contributed by atoms with Gasteiger partial charge in [0.1, 0.15) is 11.5 Å². The number of benzene rings is 2. The number of sulfone groups is 1. The molecule has 0 spiro atoms. The Bertz CT molecular complexity index is 1210. The zero-order chi connectivity index (χ0) is 21.8. The Morgan fingerprint density at radius 3 is 2.84 bits per heavy atom. The Morgan fingerprint density at radius 1 is 1.13 bits per heavy atom. The summed E-state index contributed by atoms with van der Waals surface area (Å²) < 4.78 is 47.8. The second-order valence-corrected chi connectivity index (χ2v) is 9.08. The monoisotopic (exact) mass is 464 g/mol. The number of alkyl halides is 1. The summed E-state index contributed by atoms with van der Waals surface area (Å²) in [6.45, 7) is -0.581. The predicted octanol–water partition coefficient (Wildman–Crippen LogP) is 4.48. The summed E-state index contributed by atoms with van der Waals surface area (Å²) >= 11 is 6.29. The first-order valence-electron chi connectivity index (χ1n) is 9.30. The Morgan fingerprint density at radius 2 is 2.00 bits per heavy atom. The Labute approximate surface area is 183 Å². The molecule has 0 saturated heterocycles. The number of ether oxygens (including phenoxy) is 2. The molecule has 0 unspecified atom stereocenters. The van der Waals surface area contributed by atoms with E-state index in [1.165, 1.54) is 18.3 Å². The highest BCUT2D eigenvalue weighted by atomic mass is 35.5. The number of halogens is 2. The molecule has 3 aromatic rings. The Balaban J connectivity index is 1.54. The second-order valence-electron chi connectivity index (χ2n) is 6.56. The van der Waals surface area contributed by atoms with Gasteiger partial charge in [-0.2, -0.15) is 4.98 Å². The summed E-state index contributed by atoms with van der Waals surface area (Å²) in [6, 6.07) is 11.3. The quantitative estimate of drug-likeness (QED) is 0.503. The van der Waals surface area contributed by atoms with Crippen LogP contribution >= 0.6 is 11.6 Å². The van der Waals surface area contributed by atoms with E-state index < -0.39 is 16.5 Å². The fraction of sp³-hybridized carbons (Fsp3) is 0.200. The molecule has 0 aliphatic carbocycles. The molecule has 11 heteroatoms. The number of hydrogen-bond donors (Lipinski definition) is 2. The predicted molar refractivity (Wildman–Crippen MR) is 115 cm³/mol. The molecule has 0 saturated carbocycles. The number of nitrogens with one attached hydrogen (secondary N) is 2. The average Bonchev–Trinajstić information content (AvgIpc) is 3.24. The number of aromatic nitrogens is 2. The van der Waals surface area contributed by atoms with Crippen LogP contribution in [0.5, 0.6) is 11.5 Å². The van der Waals surface area contributed by atoms with Crippen LogP contribution < -0.4 is 20.1 Å². The Kier molecular flexibility index (Phi) is 6.10. The van der Waals surface area contributed by atoms with Crippen molar-refractivity contribution in [2.45, 2.75) is 11.3 Å². The fourth-order valence-electron chi connectivity index (χ4n) is 2.94. The van der Waals surface area contributed by atoms with Gasteiger partial charge in [-0.25, -0.2) is 13.4 Å². The third-order valence-electron chi connectivity index (χ3n) is 4.39. The fourth-order valence-corrected chi connectivity index (χ4v) is 4.45. The van der Waals surface area contributed by atoms with Gasteiger partial charge in [0.2, 0.25) is 12.7 Å². The van der Waals surface area contributed by atoms with Crippen LogP contribution in [0.4, 0.5) is 27.5 Å². The van der Waals surface area contributed by atoms with Crippen LogP contribution in [0.1, 0.15) is 6.42 Å². The summed E-state index contributed by atoms with van der Waals surface area (Å²) in [7, 11) is -3.57. The molecular formula is C20H18ClFN4O4S. The van der Waals surface area contributed by atoms with Gasteiger partial charge in [0, 0.05) is 11.9 Å². The number of nitrogens with zero attached hydrogens (tertiary/aromatic N) is 2. The molecule has 2 heterocycles. The zero-order valence-corrected chi connectivity index (χ0v) is 17.7. The van der Waals surface area contributed by atoms with Crippen molar-refractivity contribution in [3.8, 4) is 11.5 Å². The lowest BCUT2D eigenvalue weighted by Crippen LogP contribution is -2.08. The molecule has 0 atom stereocenters. The summed E-state index contributed by atoms with van der Waals surface area (Å²) in [5.41, 5.74) is 0.996. The van der Waals surface area contributed by atoms with Crippen LogP contribution in [0.3, 0.4) is 0 Å². The summed E-state index contributed by atoms with van der Waals surface area (Å²) in [5, 5.41) is 6.51. The van der Waals surface area contributed by atoms with Gasteiger partial charge in [-0.05, 0) is 42.8 Å². The normalized spacial score (nSPS) is 12.6. The van der Waals surface area contributed by atoms with E-state index in [9.17, 15) is 12.8 Å². The van der Waals surface area contributed by atoms with E-state index in [1.54, 1.807) is 30.3 Å². The van der Waals surface area contributed by atoms with Gasteiger partial charge in [0.25, 0.3) is 0 Å². The highest BCUT2D eigenvalue weighted by Crippen LogP contribution is 2.44. The van der Waals surface area contributed by atoms with Crippen molar-refractivity contribution in [2.24, 2.45) is 0 Å². The van der Waals surface area contributed by atoms with Crippen molar-refractivity contribution in [1.82, 2.24) is 9.97 Å². The molecule has 1 aliphatic heterocycles. The lowest BCUT2D eigenvalue weighted by Gasteiger charge is -2.12. The smallest absolute Gasteiger partial charge is 0.231 e. The van der Waals surface area contributed by atoms with Crippen LogP contribution in [0.25, 0.3) is 0 Å². The third-order valence-corrected chi connectivity index (χ3v) is 6.51. The topological polar surface area (TPSA) is 102 Å². The molecule has 162 valence electrons. The van der Waals surface area contributed by atoms with Crippen LogP contribution in [0.15, 0.2) is 53.6 Å². The van der Waals surface area contributed by atoms with E-state index >= 15 is 0 Å². The molecule has 0 amide bonds. The first-order valence-corrected chi connectivity index (χ1v) is 11.3. The molecule has 0 fully saturated rings. The lowest BCUT2D eigenvalue weighted by atomic mass is 10.2. The molecule has 0 bridgehead atoms. The molecule has 4 rings (SSSR count). The van der Waals surface area contributed by atoms with Crippen molar-refractivity contribution in [3.05, 3.63) is 53.7 Å². The van der Waals surface area contributed by atoms with Crippen molar-refractivity contribution in [1.29, 1.82) is 0 Å². The number of anilines is 4. The summed E-state index contributed by atoms with van der Waals surface area (Å²) in [6.07, 6.45) is 1.49. The van der Waals surface area contributed by atoms with E-state index in [1.807, 2.05) is 0 Å². The molecule has 8 nitrogen and oxygen atoms in total. The molecule has 31 heavy (non-hydrogen) atoms. The molecule has 1 aromatic heterocycles. The standard InChI is InChI=1S/C20H18ClFN4O4S/c21-15-5-6-16-19(30-12-29-16)18(15)25-17-7-9-23-20(26-17)24-13-3-1-4-14(11-13)31(27,28)10-2-8-22/h1,3-7,9,11H,2,8,10,12H2,(H2,23,24,25,26). The maximum atomic E-state index is 12.4. The van der Waals surface area contributed by atoms with Gasteiger partial charge in [0.15, 0.2) is 21.3 Å². The van der Waals surface area contributed by atoms with Crippen LogP contribution in [-0.2, 0) is 9.84 Å². The van der Waals surface area contributed by atoms with Crippen molar-refractivity contribution in [2.75, 3.05) is 29.9 Å². The Hall–Kier alpha value is -3.11. The van der Waals surface area contributed by atoms with Gasteiger partial charge in [0.05, 0.1) is 22.3 Å². The zero-order valence-electron chi connectivity index (χ0n) is 16.1. The maximum absolute atomic E-state index is 12.4. The van der Waals surface area contributed by atoms with E-state index in [2.05, 4.69) is 20.6 Å². The molecule has 2 N–H and O–H groups in total. The van der Waals surface area contributed by atoms with Crippen molar-refractivity contribution in [3.63, 3.8) is 0 Å². The first-order chi connectivity index (χ1) is 15.0. The van der Waals surface area contributed by atoms with Gasteiger partial charge >= 0.3 is 0 Å². The number of fused-ring (bicyclic) bond motifs is 1. The lowest BCUT2D eigenvalue weighted by molar-refractivity contribution is 0.174. The van der Waals surface area contributed by atoms with Crippen LogP contribution in [0, 0.1) is 0 Å². The summed E-state index contributed by atoms with van der Waals surface area (Å²) in [4.78, 5) is 8.65. The van der Waals surface area contributed by atoms with E-state index in [0.717, 1.165) is 0 Å². The number of rotatable bonds is 8. The van der Waals surface area contributed by atoms with E-state index in [0.29, 0.717) is 33.7 Å². The molecule has 1 aliphatic rings. The van der Waals surface area contributed by atoms with Gasteiger partial charge in [-0.3, -0.25) is 4.39 Å². The van der Waals surface area contributed by atoms with E-state index in [-0.39, 0.29) is 29.8 Å². The summed E-state index contributed by atoms with van der Waals surface area (Å²) in [5.74, 6) is 1.49. The molecule has 2 aromatic carbocycles. The minimum absolute atomic E-state index is 0.0443. The highest BCUT2D eigenvalue weighted by Gasteiger charge is 2.21. The van der Waals surface area contributed by atoms with Gasteiger partial charge in [-0.1, -0.05) is 17.7 Å². The van der Waals surface area contributed by atoms with Crippen LogP contribution in [-0.4, -0.2) is 37.6 Å². The largest absolute Gasteiger partial charge is 0.454 e. The van der Waals surface area contributed by atoms with Gasteiger partial charge < -0.3 is 20.1 Å². The SMILES string of the molecule is O=S(=O)(CCCF)c1cccc(Nc2nccc(Nc3c(Cl)ccc4c3OCO4)n2)c1.